The fourth-order valence-corrected chi connectivity index (χ4v) is 1.30. The van der Waals surface area contributed by atoms with E-state index in [4.69, 9.17) is 5.73 Å². The van der Waals surface area contributed by atoms with Gasteiger partial charge in [0.1, 0.15) is 0 Å². The van der Waals surface area contributed by atoms with Crippen LogP contribution in [0.3, 0.4) is 0 Å². The third-order valence-corrected chi connectivity index (χ3v) is 2.30. The summed E-state index contributed by atoms with van der Waals surface area (Å²) in [5, 5.41) is 0. The van der Waals surface area contributed by atoms with Crippen molar-refractivity contribution in [1.82, 2.24) is 0 Å². The maximum Gasteiger partial charge on any atom is 0.417 e. The molecule has 0 aliphatic heterocycles. The number of ether oxygens (including phenoxy) is 1. The molecule has 0 unspecified atom stereocenters. The third-order valence-electron chi connectivity index (χ3n) is 2.30. The molecule has 0 saturated heterocycles. The first-order chi connectivity index (χ1) is 6.34. The summed E-state index contributed by atoms with van der Waals surface area (Å²) in [4.78, 5) is 11.1. The molecule has 0 aromatic heterocycles. The number of carbonyl (C=O) groups excluding carboxylic acids is 1. The molecule has 0 aromatic carbocycles. The van der Waals surface area contributed by atoms with Crippen molar-refractivity contribution >= 4 is 5.97 Å². The minimum atomic E-state index is -4.74. The molecule has 1 rings (SSSR count). The zero-order chi connectivity index (χ0) is 11.0. The molecular formula is C8H12F3NO2. The molecule has 0 amide bonds. The average molecular weight is 211 g/mol. The van der Waals surface area contributed by atoms with Gasteiger partial charge in [0, 0.05) is 0 Å². The summed E-state index contributed by atoms with van der Waals surface area (Å²) in [5.74, 6) is -2.18. The zero-order valence-electron chi connectivity index (χ0n) is 7.73. The van der Waals surface area contributed by atoms with E-state index in [1.807, 2.05) is 0 Å². The lowest BCUT2D eigenvalue weighted by Crippen LogP contribution is -2.62. The molecule has 0 aromatic rings. The number of hydrogen-bond donors (Lipinski definition) is 1. The molecule has 14 heavy (non-hydrogen) atoms. The van der Waals surface area contributed by atoms with Crippen LogP contribution in [-0.4, -0.2) is 24.3 Å². The Labute approximate surface area is 79.4 Å². The number of rotatable bonds is 3. The van der Waals surface area contributed by atoms with E-state index in [0.717, 1.165) is 0 Å². The molecule has 2 N–H and O–H groups in total. The molecule has 0 heterocycles. The van der Waals surface area contributed by atoms with Crippen LogP contribution in [0.2, 0.25) is 0 Å². The standard InChI is InChI=1S/C8H12F3NO2/c1-2-14-6(13)7(12,5-3-4-5)8(9,10)11/h5H,2-4,12H2,1H3/t7-/m0/s1. The zero-order valence-corrected chi connectivity index (χ0v) is 7.73. The molecule has 0 radical (unpaired) electrons. The normalized spacial score (nSPS) is 21.5. The van der Waals surface area contributed by atoms with Crippen molar-refractivity contribution in [3.63, 3.8) is 0 Å². The highest BCUT2D eigenvalue weighted by Crippen LogP contribution is 2.47. The van der Waals surface area contributed by atoms with Gasteiger partial charge in [-0.3, -0.25) is 0 Å². The second-order valence-corrected chi connectivity index (χ2v) is 3.36. The highest BCUT2D eigenvalue weighted by Gasteiger charge is 2.66. The van der Waals surface area contributed by atoms with Crippen LogP contribution < -0.4 is 5.73 Å². The summed E-state index contributed by atoms with van der Waals surface area (Å²) in [7, 11) is 0. The first-order valence-corrected chi connectivity index (χ1v) is 4.36. The van der Waals surface area contributed by atoms with E-state index in [-0.39, 0.29) is 6.61 Å². The minimum Gasteiger partial charge on any atom is -0.464 e. The van der Waals surface area contributed by atoms with Gasteiger partial charge in [0.05, 0.1) is 6.61 Å². The highest BCUT2D eigenvalue weighted by atomic mass is 19.4. The van der Waals surface area contributed by atoms with Gasteiger partial charge in [0.2, 0.25) is 5.54 Å². The monoisotopic (exact) mass is 211 g/mol. The van der Waals surface area contributed by atoms with Gasteiger partial charge in [-0.1, -0.05) is 0 Å². The Morgan fingerprint density at radius 3 is 2.29 bits per heavy atom. The molecule has 0 spiro atoms. The molecule has 1 aliphatic rings. The minimum absolute atomic E-state index is 0.0966. The number of hydrogen-bond acceptors (Lipinski definition) is 3. The van der Waals surface area contributed by atoms with Crippen molar-refractivity contribution in [2.75, 3.05) is 6.61 Å². The Bertz CT molecular complexity index is 237. The second-order valence-electron chi connectivity index (χ2n) is 3.36. The predicted octanol–water partition coefficient (Wildman–Crippen LogP) is 1.22. The Kier molecular flexibility index (Phi) is 2.76. The third kappa shape index (κ3) is 1.70. The number of halogens is 3. The van der Waals surface area contributed by atoms with E-state index in [9.17, 15) is 18.0 Å². The van der Waals surface area contributed by atoms with Gasteiger partial charge in [-0.05, 0) is 25.7 Å². The van der Waals surface area contributed by atoms with Crippen LogP contribution in [0.4, 0.5) is 13.2 Å². The van der Waals surface area contributed by atoms with Gasteiger partial charge in [-0.25, -0.2) is 4.79 Å². The van der Waals surface area contributed by atoms with E-state index in [1.165, 1.54) is 6.92 Å². The molecular weight excluding hydrogens is 199 g/mol. The number of nitrogens with two attached hydrogens (primary N) is 1. The number of alkyl halides is 3. The van der Waals surface area contributed by atoms with Gasteiger partial charge >= 0.3 is 12.1 Å². The maximum atomic E-state index is 12.5. The summed E-state index contributed by atoms with van der Waals surface area (Å²) < 4.78 is 42.0. The number of carbonyl (C=O) groups is 1. The summed E-state index contributed by atoms with van der Waals surface area (Å²) in [6, 6.07) is 0. The fraction of sp³-hybridized carbons (Fsp3) is 0.875. The van der Waals surface area contributed by atoms with Gasteiger partial charge in [0.15, 0.2) is 0 Å². The SMILES string of the molecule is CCOC(=O)[C@@](N)(C1CC1)C(F)(F)F. The van der Waals surface area contributed by atoms with E-state index >= 15 is 0 Å². The quantitative estimate of drug-likeness (QED) is 0.714. The number of esters is 1. The van der Waals surface area contributed by atoms with Gasteiger partial charge in [-0.15, -0.1) is 0 Å². The van der Waals surface area contributed by atoms with Gasteiger partial charge in [0.25, 0.3) is 0 Å². The van der Waals surface area contributed by atoms with Crippen LogP contribution in [0.25, 0.3) is 0 Å². The van der Waals surface area contributed by atoms with Gasteiger partial charge < -0.3 is 10.5 Å². The van der Waals surface area contributed by atoms with Crippen LogP contribution in [-0.2, 0) is 9.53 Å². The van der Waals surface area contributed by atoms with Crippen LogP contribution >= 0.6 is 0 Å². The smallest absolute Gasteiger partial charge is 0.417 e. The fourth-order valence-electron chi connectivity index (χ4n) is 1.30. The summed E-state index contributed by atoms with van der Waals surface area (Å²) in [6.07, 6.45) is -4.08. The lowest BCUT2D eigenvalue weighted by atomic mass is 9.94. The van der Waals surface area contributed by atoms with E-state index < -0.39 is 23.6 Å². The average Bonchev–Trinajstić information content (AvgIpc) is 2.83. The van der Waals surface area contributed by atoms with Crippen LogP contribution in [0.5, 0.6) is 0 Å². The molecule has 1 saturated carbocycles. The molecule has 1 atom stereocenters. The topological polar surface area (TPSA) is 52.3 Å². The Morgan fingerprint density at radius 1 is 1.50 bits per heavy atom. The van der Waals surface area contributed by atoms with Crippen molar-refractivity contribution in [3.8, 4) is 0 Å². The Hall–Kier alpha value is -0.780. The maximum absolute atomic E-state index is 12.5. The van der Waals surface area contributed by atoms with Crippen LogP contribution in [0.15, 0.2) is 0 Å². The van der Waals surface area contributed by atoms with Crippen molar-refractivity contribution in [2.45, 2.75) is 31.5 Å². The molecule has 1 fully saturated rings. The van der Waals surface area contributed by atoms with Crippen LogP contribution in [0.1, 0.15) is 19.8 Å². The Balaban J connectivity index is 2.86. The molecule has 3 nitrogen and oxygen atoms in total. The summed E-state index contributed by atoms with van der Waals surface area (Å²) in [5.41, 5.74) is 2.31. The van der Waals surface area contributed by atoms with Crippen molar-refractivity contribution in [3.05, 3.63) is 0 Å². The first kappa shape index (κ1) is 11.3. The lowest BCUT2D eigenvalue weighted by Gasteiger charge is -2.29. The highest BCUT2D eigenvalue weighted by molar-refractivity contribution is 5.82. The second kappa shape index (κ2) is 3.42. The molecule has 0 bridgehead atoms. The molecule has 1 aliphatic carbocycles. The van der Waals surface area contributed by atoms with Crippen molar-refractivity contribution in [1.29, 1.82) is 0 Å². The molecule has 82 valence electrons. The summed E-state index contributed by atoms with van der Waals surface area (Å²) in [6.45, 7) is 1.35. The predicted molar refractivity (Wildman–Crippen MR) is 42.3 cm³/mol. The molecule has 6 heteroatoms. The summed E-state index contributed by atoms with van der Waals surface area (Å²) >= 11 is 0. The first-order valence-electron chi connectivity index (χ1n) is 4.36. The lowest BCUT2D eigenvalue weighted by molar-refractivity contribution is -0.210. The largest absolute Gasteiger partial charge is 0.464 e. The van der Waals surface area contributed by atoms with E-state index in [1.54, 1.807) is 0 Å². The Morgan fingerprint density at radius 2 is 2.00 bits per heavy atom. The van der Waals surface area contributed by atoms with Gasteiger partial charge in [-0.2, -0.15) is 13.2 Å². The van der Waals surface area contributed by atoms with Crippen LogP contribution in [0, 0.1) is 5.92 Å². The van der Waals surface area contributed by atoms with Crippen molar-refractivity contribution < 1.29 is 22.7 Å². The van der Waals surface area contributed by atoms with E-state index in [2.05, 4.69) is 4.74 Å². The van der Waals surface area contributed by atoms with E-state index in [0.29, 0.717) is 12.8 Å². The van der Waals surface area contributed by atoms with Crippen molar-refractivity contribution in [2.24, 2.45) is 11.7 Å².